The van der Waals surface area contributed by atoms with Crippen LogP contribution in [0.15, 0.2) is 0 Å². The third-order valence-electron chi connectivity index (χ3n) is 3.25. The predicted octanol–water partition coefficient (Wildman–Crippen LogP) is 2.68. The molecule has 0 bridgehead atoms. The lowest BCUT2D eigenvalue weighted by molar-refractivity contribution is 0.0487. The molecular weight excluding hydrogens is 228 g/mol. The van der Waals surface area contributed by atoms with E-state index in [-0.39, 0.29) is 12.1 Å². The van der Waals surface area contributed by atoms with Gasteiger partial charge in [0.05, 0.1) is 0 Å². The number of alkyl carbamates (subject to hydrolysis) is 1. The number of nitrogens with one attached hydrogen (secondary N) is 2. The Balaban J connectivity index is 2.21. The highest BCUT2D eigenvalue weighted by atomic mass is 16.6. The van der Waals surface area contributed by atoms with Crippen LogP contribution in [-0.2, 0) is 4.74 Å². The molecule has 0 unspecified atom stereocenters. The van der Waals surface area contributed by atoms with E-state index in [1.54, 1.807) is 0 Å². The van der Waals surface area contributed by atoms with Crippen molar-refractivity contribution in [1.82, 2.24) is 10.6 Å². The van der Waals surface area contributed by atoms with Crippen molar-refractivity contribution in [2.45, 2.75) is 65.0 Å². The van der Waals surface area contributed by atoms with E-state index in [9.17, 15) is 4.79 Å². The Morgan fingerprint density at radius 2 is 1.83 bits per heavy atom. The molecule has 0 saturated heterocycles. The lowest BCUT2D eigenvalue weighted by Crippen LogP contribution is -2.41. The van der Waals surface area contributed by atoms with Gasteiger partial charge in [0, 0.05) is 6.04 Å². The van der Waals surface area contributed by atoms with Crippen molar-refractivity contribution in [3.63, 3.8) is 0 Å². The van der Waals surface area contributed by atoms with Crippen LogP contribution in [0.5, 0.6) is 0 Å². The van der Waals surface area contributed by atoms with E-state index in [0.717, 1.165) is 31.8 Å². The molecule has 0 heterocycles. The van der Waals surface area contributed by atoms with Gasteiger partial charge in [0.1, 0.15) is 5.60 Å². The number of rotatable bonds is 4. The summed E-state index contributed by atoms with van der Waals surface area (Å²) in [6.07, 6.45) is 4.23. The first-order valence-electron chi connectivity index (χ1n) is 7.11. The van der Waals surface area contributed by atoms with Crippen LogP contribution in [0.25, 0.3) is 0 Å². The topological polar surface area (TPSA) is 50.4 Å². The van der Waals surface area contributed by atoms with E-state index in [0.29, 0.717) is 0 Å². The van der Waals surface area contributed by atoms with E-state index >= 15 is 0 Å². The van der Waals surface area contributed by atoms with Crippen molar-refractivity contribution < 1.29 is 9.53 Å². The Labute approximate surface area is 111 Å². The Morgan fingerprint density at radius 3 is 2.33 bits per heavy atom. The summed E-state index contributed by atoms with van der Waals surface area (Å²) in [5, 5.41) is 6.36. The zero-order chi connectivity index (χ0) is 13.6. The summed E-state index contributed by atoms with van der Waals surface area (Å²) in [5.41, 5.74) is -0.410. The molecule has 1 aliphatic rings. The first-order chi connectivity index (χ1) is 8.40. The SMILES string of the molecule is CCNCC1CCC(NC(=O)OC(C)(C)C)CC1. The van der Waals surface area contributed by atoms with Crippen LogP contribution >= 0.6 is 0 Å². The average molecular weight is 256 g/mol. The molecule has 2 N–H and O–H groups in total. The molecular formula is C14H28N2O2. The summed E-state index contributed by atoms with van der Waals surface area (Å²) in [6.45, 7) is 9.95. The van der Waals surface area contributed by atoms with Gasteiger partial charge in [-0.3, -0.25) is 0 Å². The van der Waals surface area contributed by atoms with Crippen molar-refractivity contribution in [2.75, 3.05) is 13.1 Å². The zero-order valence-corrected chi connectivity index (χ0v) is 12.2. The molecule has 4 heteroatoms. The maximum absolute atomic E-state index is 11.6. The van der Waals surface area contributed by atoms with E-state index < -0.39 is 5.60 Å². The minimum atomic E-state index is -0.410. The fourth-order valence-corrected chi connectivity index (χ4v) is 2.33. The normalized spacial score (nSPS) is 24.7. The first kappa shape index (κ1) is 15.3. The van der Waals surface area contributed by atoms with E-state index in [1.807, 2.05) is 20.8 Å². The van der Waals surface area contributed by atoms with Crippen LogP contribution in [0, 0.1) is 5.92 Å². The van der Waals surface area contributed by atoms with Crippen LogP contribution in [-0.4, -0.2) is 30.8 Å². The molecule has 0 radical (unpaired) electrons. The molecule has 1 aliphatic carbocycles. The Kier molecular flexibility index (Phi) is 5.93. The summed E-state index contributed by atoms with van der Waals surface area (Å²) >= 11 is 0. The van der Waals surface area contributed by atoms with Crippen molar-refractivity contribution in [2.24, 2.45) is 5.92 Å². The first-order valence-corrected chi connectivity index (χ1v) is 7.11. The van der Waals surface area contributed by atoms with Gasteiger partial charge in [-0.1, -0.05) is 6.92 Å². The molecule has 0 aromatic rings. The summed E-state index contributed by atoms with van der Waals surface area (Å²) in [4.78, 5) is 11.6. The minimum absolute atomic E-state index is 0.280. The number of hydrogen-bond acceptors (Lipinski definition) is 3. The lowest BCUT2D eigenvalue weighted by Gasteiger charge is -2.30. The fourth-order valence-electron chi connectivity index (χ4n) is 2.33. The highest BCUT2D eigenvalue weighted by Crippen LogP contribution is 2.24. The van der Waals surface area contributed by atoms with Crippen molar-refractivity contribution in [3.05, 3.63) is 0 Å². The molecule has 18 heavy (non-hydrogen) atoms. The quantitative estimate of drug-likeness (QED) is 0.813. The second kappa shape index (κ2) is 6.98. The number of carbonyl (C=O) groups is 1. The minimum Gasteiger partial charge on any atom is -0.444 e. The molecule has 1 amide bonds. The van der Waals surface area contributed by atoms with Gasteiger partial charge in [-0.25, -0.2) is 4.79 Å². The largest absolute Gasteiger partial charge is 0.444 e. The molecule has 0 atom stereocenters. The molecule has 1 saturated carbocycles. The molecule has 0 aliphatic heterocycles. The number of hydrogen-bond donors (Lipinski definition) is 2. The maximum atomic E-state index is 11.6. The molecule has 0 spiro atoms. The van der Waals surface area contributed by atoms with Gasteiger partial charge >= 0.3 is 6.09 Å². The molecule has 1 rings (SSSR count). The second-order valence-electron chi connectivity index (χ2n) is 6.17. The third kappa shape index (κ3) is 6.24. The summed E-state index contributed by atoms with van der Waals surface area (Å²) < 4.78 is 5.27. The van der Waals surface area contributed by atoms with Crippen LogP contribution < -0.4 is 10.6 Å². The monoisotopic (exact) mass is 256 g/mol. The van der Waals surface area contributed by atoms with Gasteiger partial charge in [0.2, 0.25) is 0 Å². The Hall–Kier alpha value is -0.770. The Bertz CT molecular complexity index is 253. The van der Waals surface area contributed by atoms with Crippen molar-refractivity contribution in [3.8, 4) is 0 Å². The average Bonchev–Trinajstić information content (AvgIpc) is 2.25. The fraction of sp³-hybridized carbons (Fsp3) is 0.929. The van der Waals surface area contributed by atoms with Gasteiger partial charge < -0.3 is 15.4 Å². The smallest absolute Gasteiger partial charge is 0.407 e. The molecule has 0 aromatic heterocycles. The molecule has 106 valence electrons. The molecule has 1 fully saturated rings. The summed E-state index contributed by atoms with van der Waals surface area (Å²) in [5.74, 6) is 0.765. The standard InChI is InChI=1S/C14H28N2O2/c1-5-15-10-11-6-8-12(9-7-11)16-13(17)18-14(2,3)4/h11-12,15H,5-10H2,1-4H3,(H,16,17). The highest BCUT2D eigenvalue weighted by Gasteiger charge is 2.24. The summed E-state index contributed by atoms with van der Waals surface area (Å²) in [6, 6.07) is 0.290. The van der Waals surface area contributed by atoms with Gasteiger partial charge in [-0.2, -0.15) is 0 Å². The van der Waals surface area contributed by atoms with Gasteiger partial charge in [0.25, 0.3) is 0 Å². The van der Waals surface area contributed by atoms with E-state index in [2.05, 4.69) is 17.6 Å². The second-order valence-corrected chi connectivity index (χ2v) is 6.17. The number of carbonyl (C=O) groups excluding carboxylic acids is 1. The van der Waals surface area contributed by atoms with Crippen molar-refractivity contribution >= 4 is 6.09 Å². The van der Waals surface area contributed by atoms with Crippen molar-refractivity contribution in [1.29, 1.82) is 0 Å². The molecule has 4 nitrogen and oxygen atoms in total. The zero-order valence-electron chi connectivity index (χ0n) is 12.2. The van der Waals surface area contributed by atoms with Gasteiger partial charge in [-0.15, -0.1) is 0 Å². The van der Waals surface area contributed by atoms with E-state index in [4.69, 9.17) is 4.74 Å². The molecule has 0 aromatic carbocycles. The predicted molar refractivity (Wildman–Crippen MR) is 73.7 cm³/mol. The Morgan fingerprint density at radius 1 is 1.22 bits per heavy atom. The van der Waals surface area contributed by atoms with Crippen LogP contribution in [0.1, 0.15) is 53.4 Å². The van der Waals surface area contributed by atoms with Crippen LogP contribution in [0.4, 0.5) is 4.79 Å². The maximum Gasteiger partial charge on any atom is 0.407 e. The highest BCUT2D eigenvalue weighted by molar-refractivity contribution is 5.68. The van der Waals surface area contributed by atoms with Gasteiger partial charge in [-0.05, 0) is 65.5 Å². The number of ether oxygens (including phenoxy) is 1. The van der Waals surface area contributed by atoms with Crippen LogP contribution in [0.3, 0.4) is 0 Å². The van der Waals surface area contributed by atoms with Gasteiger partial charge in [0.15, 0.2) is 0 Å². The third-order valence-corrected chi connectivity index (χ3v) is 3.25. The lowest BCUT2D eigenvalue weighted by atomic mass is 9.86. The van der Waals surface area contributed by atoms with Crippen LogP contribution in [0.2, 0.25) is 0 Å². The number of amides is 1. The summed E-state index contributed by atoms with van der Waals surface area (Å²) in [7, 11) is 0. The van der Waals surface area contributed by atoms with E-state index in [1.165, 1.54) is 12.8 Å².